The van der Waals surface area contributed by atoms with E-state index in [1.54, 1.807) is 0 Å². The first-order valence-electron chi connectivity index (χ1n) is 21.6. The average molecular weight is 829 g/mol. The molecule has 0 saturated heterocycles. The lowest BCUT2D eigenvalue weighted by Crippen LogP contribution is -2.37. The molecule has 2 unspecified atom stereocenters. The van der Waals surface area contributed by atoms with Gasteiger partial charge in [0.15, 0.2) is 6.10 Å². The predicted molar refractivity (Wildman–Crippen MR) is 242 cm³/mol. The van der Waals surface area contributed by atoms with Gasteiger partial charge in [-0.25, -0.2) is 4.57 Å². The van der Waals surface area contributed by atoms with E-state index in [0.717, 1.165) is 89.9 Å². The van der Waals surface area contributed by atoms with Crippen molar-refractivity contribution in [3.8, 4) is 0 Å². The van der Waals surface area contributed by atoms with E-state index in [9.17, 15) is 19.0 Å². The topological polar surface area (TPSA) is 108 Å². The number of likely N-dealkylation sites (N-methyl/N-ethyl adjacent to an activating group) is 1. The standard InChI is InChI=1S/C48H78NO8P/c1-6-8-10-12-14-16-18-20-22-23-24-25-27-29-31-33-35-37-39-41-48(51)57-46(45-56-58(52,53)55-43-42-49(3,4)5)44-54-47(50)40-38-36-34-32-30-28-26-21-19-17-15-13-11-9-7-2/h8-11,14-17,20-22,24-26,29-32,46H,6-7,12-13,18-19,23,27-28,33-45H2,1-5H3/p+1/b10-8-,11-9-,16-14-,17-15-,22-20-,25-24-,26-21-,31-29-,32-30-. The van der Waals surface area contributed by atoms with Crippen molar-refractivity contribution in [3.05, 3.63) is 109 Å². The predicted octanol–water partition coefficient (Wildman–Crippen LogP) is 12.3. The second-order valence-electron chi connectivity index (χ2n) is 15.0. The van der Waals surface area contributed by atoms with Crippen LogP contribution in [0.4, 0.5) is 0 Å². The first-order valence-corrected chi connectivity index (χ1v) is 23.1. The fourth-order valence-corrected chi connectivity index (χ4v) is 5.71. The molecule has 0 aliphatic rings. The zero-order chi connectivity index (χ0) is 42.8. The minimum Gasteiger partial charge on any atom is -0.462 e. The monoisotopic (exact) mass is 829 g/mol. The van der Waals surface area contributed by atoms with E-state index < -0.39 is 32.5 Å². The number of carbonyl (C=O) groups excluding carboxylic acids is 2. The van der Waals surface area contributed by atoms with Crippen molar-refractivity contribution in [2.75, 3.05) is 47.5 Å². The maximum atomic E-state index is 12.7. The molecule has 0 aromatic heterocycles. The molecule has 0 spiro atoms. The van der Waals surface area contributed by atoms with E-state index in [2.05, 4.69) is 123 Å². The lowest BCUT2D eigenvalue weighted by atomic mass is 10.1. The third kappa shape index (κ3) is 42.3. The molecule has 0 aromatic rings. The van der Waals surface area contributed by atoms with Gasteiger partial charge < -0.3 is 18.9 Å². The minimum atomic E-state index is -4.40. The van der Waals surface area contributed by atoms with Crippen molar-refractivity contribution >= 4 is 19.8 Å². The van der Waals surface area contributed by atoms with Crippen molar-refractivity contribution in [2.24, 2.45) is 0 Å². The Balaban J connectivity index is 4.53. The fourth-order valence-electron chi connectivity index (χ4n) is 4.97. The molecule has 58 heavy (non-hydrogen) atoms. The minimum absolute atomic E-state index is 0.0112. The molecular weight excluding hydrogens is 750 g/mol. The van der Waals surface area contributed by atoms with E-state index in [4.69, 9.17) is 18.5 Å². The van der Waals surface area contributed by atoms with Crippen molar-refractivity contribution in [1.82, 2.24) is 0 Å². The van der Waals surface area contributed by atoms with E-state index in [1.807, 2.05) is 21.1 Å². The van der Waals surface area contributed by atoms with Crippen LogP contribution in [-0.2, 0) is 32.7 Å². The van der Waals surface area contributed by atoms with Gasteiger partial charge in [0.05, 0.1) is 27.7 Å². The number of allylic oxidation sites excluding steroid dienone is 18. The Kier molecular flexibility index (Phi) is 36.9. The molecule has 0 rings (SSSR count). The number of esters is 2. The molecule has 1 N–H and O–H groups in total. The van der Waals surface area contributed by atoms with Gasteiger partial charge in [-0.2, -0.15) is 0 Å². The van der Waals surface area contributed by atoms with E-state index in [-0.39, 0.29) is 26.1 Å². The van der Waals surface area contributed by atoms with Crippen LogP contribution in [0.3, 0.4) is 0 Å². The van der Waals surface area contributed by atoms with Crippen molar-refractivity contribution in [1.29, 1.82) is 0 Å². The molecule has 2 atom stereocenters. The number of rotatable bonds is 37. The van der Waals surface area contributed by atoms with Crippen LogP contribution in [-0.4, -0.2) is 74.9 Å². The molecule has 0 heterocycles. The van der Waals surface area contributed by atoms with Crippen LogP contribution >= 0.6 is 7.82 Å². The second kappa shape index (κ2) is 39.1. The molecule has 9 nitrogen and oxygen atoms in total. The van der Waals surface area contributed by atoms with Gasteiger partial charge in [0.1, 0.15) is 19.8 Å². The average Bonchev–Trinajstić information content (AvgIpc) is 3.17. The SMILES string of the molecule is CC/C=C\C/C=C\C/C=C\C/C=C\C/C=C\CCCCCC(=O)OC(COC(=O)CCCC/C=C\C/C=C\C/C=C\C/C=C\CC)COP(=O)(O)OCC[N+](C)(C)C. The number of quaternary nitrogens is 1. The Bertz CT molecular complexity index is 1350. The number of nitrogens with zero attached hydrogens (tertiary/aromatic N) is 1. The van der Waals surface area contributed by atoms with Crippen LogP contribution in [0.25, 0.3) is 0 Å². The van der Waals surface area contributed by atoms with Gasteiger partial charge in [-0.1, -0.05) is 130 Å². The summed E-state index contributed by atoms with van der Waals surface area (Å²) in [5.41, 5.74) is 0. The Morgan fingerprint density at radius 1 is 0.534 bits per heavy atom. The highest BCUT2D eigenvalue weighted by molar-refractivity contribution is 7.47. The summed E-state index contributed by atoms with van der Waals surface area (Å²) < 4.78 is 34.2. The lowest BCUT2D eigenvalue weighted by molar-refractivity contribution is -0.870. The summed E-state index contributed by atoms with van der Waals surface area (Å²) in [5.74, 6) is -0.899. The lowest BCUT2D eigenvalue weighted by Gasteiger charge is -2.24. The highest BCUT2D eigenvalue weighted by atomic mass is 31.2. The summed E-state index contributed by atoms with van der Waals surface area (Å²) in [4.78, 5) is 35.3. The molecule has 0 aliphatic carbocycles. The number of phosphoric ester groups is 1. The molecule has 0 amide bonds. The summed E-state index contributed by atoms with van der Waals surface area (Å²) in [6.45, 7) is 4.07. The van der Waals surface area contributed by atoms with Gasteiger partial charge in [0, 0.05) is 12.8 Å². The van der Waals surface area contributed by atoms with Gasteiger partial charge in [-0.15, -0.1) is 0 Å². The Morgan fingerprint density at radius 2 is 0.931 bits per heavy atom. The van der Waals surface area contributed by atoms with E-state index >= 15 is 0 Å². The summed E-state index contributed by atoms with van der Waals surface area (Å²) in [6.07, 6.45) is 52.9. The Morgan fingerprint density at radius 3 is 1.38 bits per heavy atom. The quantitative estimate of drug-likeness (QED) is 0.0217. The number of phosphoric acid groups is 1. The molecule has 0 aliphatic heterocycles. The number of unbranched alkanes of at least 4 members (excludes halogenated alkanes) is 5. The van der Waals surface area contributed by atoms with Crippen LogP contribution in [0.15, 0.2) is 109 Å². The molecule has 0 bridgehead atoms. The second-order valence-corrected chi connectivity index (χ2v) is 16.4. The first kappa shape index (κ1) is 54.7. The van der Waals surface area contributed by atoms with Crippen LogP contribution in [0.1, 0.15) is 129 Å². The number of hydrogen-bond donors (Lipinski definition) is 1. The molecule has 328 valence electrons. The highest BCUT2D eigenvalue weighted by Gasteiger charge is 2.27. The normalized spacial score (nSPS) is 14.7. The highest BCUT2D eigenvalue weighted by Crippen LogP contribution is 2.43. The van der Waals surface area contributed by atoms with E-state index in [1.165, 1.54) is 0 Å². The summed E-state index contributed by atoms with van der Waals surface area (Å²) in [7, 11) is 1.41. The zero-order valence-corrected chi connectivity index (χ0v) is 37.6. The maximum absolute atomic E-state index is 12.7. The van der Waals surface area contributed by atoms with Crippen LogP contribution < -0.4 is 0 Å². The molecule has 0 radical (unpaired) electrons. The maximum Gasteiger partial charge on any atom is 0.472 e. The van der Waals surface area contributed by atoms with Crippen molar-refractivity contribution in [2.45, 2.75) is 136 Å². The summed E-state index contributed by atoms with van der Waals surface area (Å²) >= 11 is 0. The van der Waals surface area contributed by atoms with E-state index in [0.29, 0.717) is 23.9 Å². The number of carbonyl (C=O) groups is 2. The van der Waals surface area contributed by atoms with Crippen LogP contribution in [0, 0.1) is 0 Å². The molecule has 0 saturated carbocycles. The van der Waals surface area contributed by atoms with Gasteiger partial charge in [-0.3, -0.25) is 18.6 Å². The van der Waals surface area contributed by atoms with Crippen LogP contribution in [0.5, 0.6) is 0 Å². The number of hydrogen-bond acceptors (Lipinski definition) is 7. The van der Waals surface area contributed by atoms with Gasteiger partial charge >= 0.3 is 19.8 Å². The van der Waals surface area contributed by atoms with Gasteiger partial charge in [-0.05, 0) is 96.3 Å². The summed E-state index contributed by atoms with van der Waals surface area (Å²) in [5, 5.41) is 0. The third-order valence-electron chi connectivity index (χ3n) is 8.30. The smallest absolute Gasteiger partial charge is 0.462 e. The van der Waals surface area contributed by atoms with Crippen molar-refractivity contribution < 1.29 is 42.1 Å². The molecule has 10 heteroatoms. The zero-order valence-electron chi connectivity index (χ0n) is 36.7. The van der Waals surface area contributed by atoms with Crippen LogP contribution in [0.2, 0.25) is 0 Å². The first-order chi connectivity index (χ1) is 28.0. The Hall–Kier alpha value is -3.33. The molecular formula is C48H79NO8P+. The fraction of sp³-hybridized carbons (Fsp3) is 0.583. The molecule has 0 fully saturated rings. The largest absolute Gasteiger partial charge is 0.472 e. The van der Waals surface area contributed by atoms with Crippen molar-refractivity contribution in [3.63, 3.8) is 0 Å². The summed E-state index contributed by atoms with van der Waals surface area (Å²) in [6, 6.07) is 0. The van der Waals surface area contributed by atoms with Gasteiger partial charge in [0.25, 0.3) is 0 Å². The number of ether oxygens (including phenoxy) is 2. The van der Waals surface area contributed by atoms with Gasteiger partial charge in [0.2, 0.25) is 0 Å². The Labute approximate surface area is 353 Å². The third-order valence-corrected chi connectivity index (χ3v) is 9.28. The molecule has 0 aromatic carbocycles.